The van der Waals surface area contributed by atoms with Gasteiger partial charge in [0.15, 0.2) is 5.65 Å². The van der Waals surface area contributed by atoms with Crippen LogP contribution in [-0.2, 0) is 7.05 Å². The highest BCUT2D eigenvalue weighted by molar-refractivity contribution is 5.98. The van der Waals surface area contributed by atoms with Crippen molar-refractivity contribution in [2.45, 2.75) is 32.9 Å². The van der Waals surface area contributed by atoms with Crippen molar-refractivity contribution in [3.63, 3.8) is 0 Å². The van der Waals surface area contributed by atoms with Crippen molar-refractivity contribution in [1.29, 1.82) is 0 Å². The number of ether oxygens (including phenoxy) is 1. The van der Waals surface area contributed by atoms with Gasteiger partial charge in [-0.15, -0.1) is 0 Å². The Kier molecular flexibility index (Phi) is 5.46. The summed E-state index contributed by atoms with van der Waals surface area (Å²) in [5.74, 6) is 1.27. The highest BCUT2D eigenvalue weighted by atomic mass is 16.5. The van der Waals surface area contributed by atoms with Gasteiger partial charge >= 0.3 is 0 Å². The van der Waals surface area contributed by atoms with Gasteiger partial charge < -0.3 is 14.6 Å². The molecule has 1 unspecified atom stereocenters. The Morgan fingerprint density at radius 3 is 2.55 bits per heavy atom. The molecule has 0 aliphatic carbocycles. The molecule has 3 aromatic heterocycles. The molecule has 160 valence electrons. The van der Waals surface area contributed by atoms with E-state index < -0.39 is 6.04 Å². The van der Waals surface area contributed by atoms with Crippen LogP contribution in [0.5, 0.6) is 5.75 Å². The first-order valence-electron chi connectivity index (χ1n) is 10.2. The van der Waals surface area contributed by atoms with Crippen LogP contribution in [0.25, 0.3) is 11.0 Å². The molecule has 3 heterocycles. The van der Waals surface area contributed by atoms with Crippen molar-refractivity contribution in [2.24, 2.45) is 7.05 Å². The molecule has 1 amide bonds. The first-order chi connectivity index (χ1) is 14.9. The van der Waals surface area contributed by atoms with Crippen molar-refractivity contribution in [3.05, 3.63) is 71.6 Å². The van der Waals surface area contributed by atoms with E-state index in [0.29, 0.717) is 11.3 Å². The second-order valence-electron chi connectivity index (χ2n) is 7.79. The standard InChI is InChI=1S/C23H26N6O2/c1-14(2)29-21-17(13-25-29)12-19(15(3)26-21)23(30)27-20(22-24-10-11-28(22)4)16-6-8-18(31-5)9-7-16/h6-14,20H,1-5H3,(H,27,30). The monoisotopic (exact) mass is 418 g/mol. The number of methoxy groups -OCH3 is 1. The smallest absolute Gasteiger partial charge is 0.254 e. The van der Waals surface area contributed by atoms with Crippen LogP contribution < -0.4 is 10.1 Å². The van der Waals surface area contributed by atoms with Gasteiger partial charge in [0.05, 0.1) is 24.6 Å². The molecule has 0 saturated heterocycles. The summed E-state index contributed by atoms with van der Waals surface area (Å²) in [5, 5.41) is 8.38. The maximum atomic E-state index is 13.3. The molecule has 0 aliphatic heterocycles. The van der Waals surface area contributed by atoms with Gasteiger partial charge in [0.2, 0.25) is 0 Å². The summed E-state index contributed by atoms with van der Waals surface area (Å²) in [6.45, 7) is 5.95. The number of nitrogens with zero attached hydrogens (tertiary/aromatic N) is 5. The zero-order chi connectivity index (χ0) is 22.1. The average molecular weight is 419 g/mol. The first-order valence-corrected chi connectivity index (χ1v) is 10.2. The summed E-state index contributed by atoms with van der Waals surface area (Å²) in [6.07, 6.45) is 5.33. The third kappa shape index (κ3) is 3.88. The molecule has 0 saturated carbocycles. The normalized spacial score (nSPS) is 12.3. The Morgan fingerprint density at radius 1 is 1.19 bits per heavy atom. The number of hydrogen-bond donors (Lipinski definition) is 1. The number of carbonyl (C=O) groups is 1. The van der Waals surface area contributed by atoms with Gasteiger partial charge in [0, 0.05) is 30.9 Å². The number of aryl methyl sites for hydroxylation is 2. The molecule has 0 fully saturated rings. The van der Waals surface area contributed by atoms with E-state index in [9.17, 15) is 4.79 Å². The molecule has 1 atom stereocenters. The topological polar surface area (TPSA) is 86.9 Å². The van der Waals surface area contributed by atoms with Crippen LogP contribution in [-0.4, -0.2) is 37.3 Å². The van der Waals surface area contributed by atoms with E-state index in [1.165, 1.54) is 0 Å². The average Bonchev–Trinajstić information content (AvgIpc) is 3.37. The molecule has 31 heavy (non-hydrogen) atoms. The molecule has 0 bridgehead atoms. The van der Waals surface area contributed by atoms with Gasteiger partial charge in [-0.3, -0.25) is 4.79 Å². The second-order valence-corrected chi connectivity index (χ2v) is 7.79. The fourth-order valence-corrected chi connectivity index (χ4v) is 3.63. The molecule has 4 aromatic rings. The number of nitrogens with one attached hydrogen (secondary N) is 1. The number of imidazole rings is 1. The minimum atomic E-state index is -0.424. The van der Waals surface area contributed by atoms with E-state index in [1.54, 1.807) is 19.5 Å². The highest BCUT2D eigenvalue weighted by Crippen LogP contribution is 2.25. The van der Waals surface area contributed by atoms with E-state index in [2.05, 4.69) is 34.2 Å². The Hall–Kier alpha value is -3.68. The number of carbonyl (C=O) groups excluding carboxylic acids is 1. The lowest BCUT2D eigenvalue weighted by molar-refractivity contribution is 0.0940. The maximum Gasteiger partial charge on any atom is 0.254 e. The van der Waals surface area contributed by atoms with Gasteiger partial charge in [-0.05, 0) is 44.5 Å². The SMILES string of the molecule is COc1ccc(C(NC(=O)c2cc3cnn(C(C)C)c3nc2C)c2nccn2C)cc1. The fourth-order valence-electron chi connectivity index (χ4n) is 3.63. The number of aromatic nitrogens is 5. The summed E-state index contributed by atoms with van der Waals surface area (Å²) in [4.78, 5) is 22.5. The largest absolute Gasteiger partial charge is 0.497 e. The lowest BCUT2D eigenvalue weighted by atomic mass is 10.0. The van der Waals surface area contributed by atoms with E-state index in [4.69, 9.17) is 4.74 Å². The van der Waals surface area contributed by atoms with Gasteiger partial charge in [-0.25, -0.2) is 14.6 Å². The van der Waals surface area contributed by atoms with Gasteiger partial charge in [0.25, 0.3) is 5.91 Å². The second kappa shape index (κ2) is 8.22. The van der Waals surface area contributed by atoms with Crippen molar-refractivity contribution in [2.75, 3.05) is 7.11 Å². The summed E-state index contributed by atoms with van der Waals surface area (Å²) in [6, 6.07) is 9.22. The Bertz CT molecular complexity index is 1220. The Balaban J connectivity index is 1.70. The van der Waals surface area contributed by atoms with E-state index >= 15 is 0 Å². The zero-order valence-corrected chi connectivity index (χ0v) is 18.3. The molecule has 0 radical (unpaired) electrons. The molecule has 8 nitrogen and oxygen atoms in total. The Labute approximate surface area is 180 Å². The molecule has 0 spiro atoms. The van der Waals surface area contributed by atoms with Crippen LogP contribution >= 0.6 is 0 Å². The molecular formula is C23H26N6O2. The number of amides is 1. The van der Waals surface area contributed by atoms with Crippen LogP contribution in [0.2, 0.25) is 0 Å². The van der Waals surface area contributed by atoms with E-state index in [0.717, 1.165) is 28.2 Å². The summed E-state index contributed by atoms with van der Waals surface area (Å²) in [7, 11) is 3.53. The van der Waals surface area contributed by atoms with Crippen LogP contribution in [0.4, 0.5) is 0 Å². The predicted octanol–water partition coefficient (Wildman–Crippen LogP) is 3.58. The summed E-state index contributed by atoms with van der Waals surface area (Å²) < 4.78 is 9.02. The summed E-state index contributed by atoms with van der Waals surface area (Å²) >= 11 is 0. The third-order valence-electron chi connectivity index (χ3n) is 5.33. The number of benzene rings is 1. The van der Waals surface area contributed by atoms with E-state index in [1.807, 2.05) is 59.7 Å². The molecule has 1 aromatic carbocycles. The highest BCUT2D eigenvalue weighted by Gasteiger charge is 2.23. The van der Waals surface area contributed by atoms with Crippen molar-refractivity contribution < 1.29 is 9.53 Å². The minimum absolute atomic E-state index is 0.187. The number of pyridine rings is 1. The van der Waals surface area contributed by atoms with Crippen molar-refractivity contribution >= 4 is 16.9 Å². The quantitative estimate of drug-likeness (QED) is 0.517. The summed E-state index contributed by atoms with van der Waals surface area (Å²) in [5.41, 5.74) is 2.85. The number of rotatable bonds is 6. The van der Waals surface area contributed by atoms with Crippen LogP contribution in [0, 0.1) is 6.92 Å². The molecule has 4 rings (SSSR count). The van der Waals surface area contributed by atoms with Crippen molar-refractivity contribution in [1.82, 2.24) is 29.6 Å². The third-order valence-corrected chi connectivity index (χ3v) is 5.33. The zero-order valence-electron chi connectivity index (χ0n) is 18.3. The van der Waals surface area contributed by atoms with Gasteiger partial charge in [0.1, 0.15) is 17.6 Å². The van der Waals surface area contributed by atoms with Crippen LogP contribution in [0.3, 0.4) is 0 Å². The van der Waals surface area contributed by atoms with Gasteiger partial charge in [-0.2, -0.15) is 5.10 Å². The van der Waals surface area contributed by atoms with Crippen LogP contribution in [0.15, 0.2) is 48.9 Å². The molecule has 8 heteroatoms. The minimum Gasteiger partial charge on any atom is -0.497 e. The Morgan fingerprint density at radius 2 is 1.94 bits per heavy atom. The molecule has 0 aliphatic rings. The lowest BCUT2D eigenvalue weighted by Crippen LogP contribution is -2.31. The first kappa shape index (κ1) is 20.6. The predicted molar refractivity (Wildman–Crippen MR) is 118 cm³/mol. The maximum absolute atomic E-state index is 13.3. The fraction of sp³-hybridized carbons (Fsp3) is 0.304. The van der Waals surface area contributed by atoms with Gasteiger partial charge in [-0.1, -0.05) is 12.1 Å². The van der Waals surface area contributed by atoms with E-state index in [-0.39, 0.29) is 11.9 Å². The number of hydrogen-bond acceptors (Lipinski definition) is 5. The van der Waals surface area contributed by atoms with Crippen molar-refractivity contribution in [3.8, 4) is 5.75 Å². The lowest BCUT2D eigenvalue weighted by Gasteiger charge is -2.20. The molecule has 1 N–H and O–H groups in total. The molecular weight excluding hydrogens is 392 g/mol. The van der Waals surface area contributed by atoms with Crippen LogP contribution in [0.1, 0.15) is 53.4 Å². The number of fused-ring (bicyclic) bond motifs is 1.